The van der Waals surface area contributed by atoms with Crippen molar-refractivity contribution in [1.82, 2.24) is 4.98 Å². The molecule has 0 radical (unpaired) electrons. The molecule has 0 N–H and O–H groups in total. The first kappa shape index (κ1) is 11.6. The molecule has 0 spiro atoms. The highest BCUT2D eigenvalue weighted by molar-refractivity contribution is 9.10. The summed E-state index contributed by atoms with van der Waals surface area (Å²) >= 11 is 6.83. The van der Waals surface area contributed by atoms with Crippen LogP contribution in [-0.2, 0) is 0 Å². The molecule has 0 aliphatic carbocycles. The third kappa shape index (κ3) is 2.62. The van der Waals surface area contributed by atoms with Gasteiger partial charge < -0.3 is 4.74 Å². The van der Waals surface area contributed by atoms with Gasteiger partial charge in [-0.2, -0.15) is 0 Å². The summed E-state index contributed by atoms with van der Waals surface area (Å²) in [6.45, 7) is 2.00. The summed E-state index contributed by atoms with van der Waals surface area (Å²) < 4.78 is 7.56. The maximum absolute atomic E-state index is 5.67. The molecule has 82 valence electrons. The van der Waals surface area contributed by atoms with Crippen LogP contribution >= 0.6 is 31.9 Å². The molecule has 0 saturated carbocycles. The Morgan fingerprint density at radius 3 is 2.56 bits per heavy atom. The Hall–Kier alpha value is -0.870. The summed E-state index contributed by atoms with van der Waals surface area (Å²) in [6.07, 6.45) is 1.74. The Bertz CT molecular complexity index is 514. The van der Waals surface area contributed by atoms with Crippen molar-refractivity contribution in [3.05, 3.63) is 51.0 Å². The highest BCUT2D eigenvalue weighted by atomic mass is 79.9. The zero-order chi connectivity index (χ0) is 11.5. The van der Waals surface area contributed by atoms with Gasteiger partial charge in [-0.3, -0.25) is 0 Å². The lowest BCUT2D eigenvalue weighted by molar-refractivity contribution is 0.459. The van der Waals surface area contributed by atoms with Crippen LogP contribution in [0.1, 0.15) is 5.56 Å². The van der Waals surface area contributed by atoms with E-state index in [9.17, 15) is 0 Å². The monoisotopic (exact) mass is 341 g/mol. The van der Waals surface area contributed by atoms with Crippen molar-refractivity contribution in [2.75, 3.05) is 0 Å². The van der Waals surface area contributed by atoms with Gasteiger partial charge >= 0.3 is 0 Å². The Balaban J connectivity index is 2.28. The van der Waals surface area contributed by atoms with Crippen LogP contribution in [0.5, 0.6) is 11.6 Å². The molecule has 2 rings (SSSR count). The lowest BCUT2D eigenvalue weighted by atomic mass is 10.3. The molecule has 1 heterocycles. The minimum Gasteiger partial charge on any atom is -0.438 e. The van der Waals surface area contributed by atoms with Crippen LogP contribution in [0.15, 0.2) is 45.5 Å². The Labute approximate surface area is 111 Å². The summed E-state index contributed by atoms with van der Waals surface area (Å²) in [7, 11) is 0. The number of aromatic nitrogens is 1. The van der Waals surface area contributed by atoms with Crippen molar-refractivity contribution in [1.29, 1.82) is 0 Å². The topological polar surface area (TPSA) is 22.1 Å². The van der Waals surface area contributed by atoms with Gasteiger partial charge in [0.2, 0.25) is 5.88 Å². The first-order valence-electron chi connectivity index (χ1n) is 4.71. The van der Waals surface area contributed by atoms with Gasteiger partial charge in [0.15, 0.2) is 0 Å². The summed E-state index contributed by atoms with van der Waals surface area (Å²) in [5.41, 5.74) is 1.09. The van der Waals surface area contributed by atoms with E-state index in [2.05, 4.69) is 36.8 Å². The second-order valence-corrected chi connectivity index (χ2v) is 5.01. The van der Waals surface area contributed by atoms with Gasteiger partial charge in [0.1, 0.15) is 5.75 Å². The second-order valence-electron chi connectivity index (χ2n) is 3.30. The largest absolute Gasteiger partial charge is 0.438 e. The number of nitrogens with zero attached hydrogens (tertiary/aromatic N) is 1. The first-order chi connectivity index (χ1) is 7.66. The van der Waals surface area contributed by atoms with E-state index in [1.54, 1.807) is 6.20 Å². The second kappa shape index (κ2) is 4.97. The Morgan fingerprint density at radius 1 is 1.12 bits per heavy atom. The molecule has 2 aromatic rings. The number of ether oxygens (including phenoxy) is 1. The summed E-state index contributed by atoms with van der Waals surface area (Å²) in [5.74, 6) is 1.35. The molecule has 0 fully saturated rings. The van der Waals surface area contributed by atoms with Crippen molar-refractivity contribution in [2.24, 2.45) is 0 Å². The van der Waals surface area contributed by atoms with E-state index in [1.165, 1.54) is 0 Å². The average Bonchev–Trinajstić information content (AvgIpc) is 2.27. The summed E-state index contributed by atoms with van der Waals surface area (Å²) in [5, 5.41) is 0. The minimum atomic E-state index is 0.590. The van der Waals surface area contributed by atoms with Gasteiger partial charge in [-0.05, 0) is 56.5 Å². The van der Waals surface area contributed by atoms with Crippen LogP contribution in [0.3, 0.4) is 0 Å². The number of aryl methyl sites for hydroxylation is 1. The lowest BCUT2D eigenvalue weighted by Crippen LogP contribution is -1.89. The molecule has 1 aromatic carbocycles. The van der Waals surface area contributed by atoms with Crippen molar-refractivity contribution in [3.8, 4) is 11.6 Å². The molecular weight excluding hydrogens is 334 g/mol. The van der Waals surface area contributed by atoms with Crippen LogP contribution < -0.4 is 4.74 Å². The molecule has 0 amide bonds. The van der Waals surface area contributed by atoms with Gasteiger partial charge in [0.25, 0.3) is 0 Å². The number of hydrogen-bond donors (Lipinski definition) is 0. The molecule has 0 aliphatic heterocycles. The molecule has 2 nitrogen and oxygen atoms in total. The van der Waals surface area contributed by atoms with Gasteiger partial charge in [-0.15, -0.1) is 0 Å². The highest BCUT2D eigenvalue weighted by Crippen LogP contribution is 2.29. The molecule has 0 atom stereocenters. The average molecular weight is 343 g/mol. The van der Waals surface area contributed by atoms with E-state index in [-0.39, 0.29) is 0 Å². The summed E-state index contributed by atoms with van der Waals surface area (Å²) in [4.78, 5) is 4.19. The Kier molecular flexibility index (Phi) is 3.61. The molecule has 0 unspecified atom stereocenters. The minimum absolute atomic E-state index is 0.590. The van der Waals surface area contributed by atoms with Gasteiger partial charge in [-0.1, -0.05) is 12.1 Å². The van der Waals surface area contributed by atoms with E-state index in [4.69, 9.17) is 4.74 Å². The number of rotatable bonds is 2. The lowest BCUT2D eigenvalue weighted by Gasteiger charge is -2.07. The van der Waals surface area contributed by atoms with E-state index in [1.807, 2.05) is 37.3 Å². The number of hydrogen-bond acceptors (Lipinski definition) is 2. The molecule has 0 bridgehead atoms. The zero-order valence-electron chi connectivity index (χ0n) is 8.58. The smallest absolute Gasteiger partial charge is 0.219 e. The van der Waals surface area contributed by atoms with Gasteiger partial charge in [-0.25, -0.2) is 4.98 Å². The predicted octanol–water partition coefficient (Wildman–Crippen LogP) is 4.71. The first-order valence-corrected chi connectivity index (χ1v) is 6.30. The van der Waals surface area contributed by atoms with Crippen LogP contribution in [0.25, 0.3) is 0 Å². The maximum atomic E-state index is 5.67. The predicted molar refractivity (Wildman–Crippen MR) is 70.9 cm³/mol. The van der Waals surface area contributed by atoms with E-state index in [0.29, 0.717) is 5.88 Å². The molecule has 0 aliphatic rings. The molecule has 0 saturated heterocycles. The van der Waals surface area contributed by atoms with Gasteiger partial charge in [0.05, 0.1) is 4.47 Å². The van der Waals surface area contributed by atoms with Crippen molar-refractivity contribution in [3.63, 3.8) is 0 Å². The molecule has 1 aromatic heterocycles. The molecule has 16 heavy (non-hydrogen) atoms. The summed E-state index contributed by atoms with van der Waals surface area (Å²) in [6, 6.07) is 9.58. The van der Waals surface area contributed by atoms with E-state index in [0.717, 1.165) is 20.3 Å². The molecule has 4 heteroatoms. The SMILES string of the molecule is Cc1cc(Oc2ccccc2Br)ncc1Br. The fourth-order valence-electron chi connectivity index (χ4n) is 1.21. The quantitative estimate of drug-likeness (QED) is 0.788. The Morgan fingerprint density at radius 2 is 1.88 bits per heavy atom. The molecular formula is C12H9Br2NO. The van der Waals surface area contributed by atoms with Crippen LogP contribution in [0, 0.1) is 6.92 Å². The van der Waals surface area contributed by atoms with Crippen molar-refractivity contribution >= 4 is 31.9 Å². The maximum Gasteiger partial charge on any atom is 0.219 e. The van der Waals surface area contributed by atoms with Gasteiger partial charge in [0, 0.05) is 16.7 Å². The van der Waals surface area contributed by atoms with Crippen molar-refractivity contribution in [2.45, 2.75) is 6.92 Å². The number of benzene rings is 1. The fraction of sp³-hybridized carbons (Fsp3) is 0.0833. The van der Waals surface area contributed by atoms with Crippen LogP contribution in [0.2, 0.25) is 0 Å². The number of pyridine rings is 1. The third-order valence-corrected chi connectivity index (χ3v) is 3.56. The zero-order valence-corrected chi connectivity index (χ0v) is 11.7. The standard InChI is InChI=1S/C12H9Br2NO/c1-8-6-12(15-7-10(8)14)16-11-5-3-2-4-9(11)13/h2-7H,1H3. The fourth-order valence-corrected chi connectivity index (χ4v) is 1.79. The normalized spacial score (nSPS) is 10.2. The van der Waals surface area contributed by atoms with Crippen LogP contribution in [-0.4, -0.2) is 4.98 Å². The third-order valence-electron chi connectivity index (χ3n) is 2.07. The van der Waals surface area contributed by atoms with E-state index >= 15 is 0 Å². The van der Waals surface area contributed by atoms with Crippen LogP contribution in [0.4, 0.5) is 0 Å². The number of para-hydroxylation sites is 1. The van der Waals surface area contributed by atoms with E-state index < -0.39 is 0 Å². The number of halogens is 2. The van der Waals surface area contributed by atoms with Crippen molar-refractivity contribution < 1.29 is 4.74 Å². The highest BCUT2D eigenvalue weighted by Gasteiger charge is 2.04.